The molecule has 2 N–H and O–H groups in total. The first kappa shape index (κ1) is 9.01. The van der Waals surface area contributed by atoms with Gasteiger partial charge in [-0.1, -0.05) is 0 Å². The average Bonchev–Trinajstić information content (AvgIpc) is 1.82. The number of rotatable bonds is 3. The maximum Gasteiger partial charge on any atom is 0.245 e. The number of nitrogens with one attached hydrogen (secondary N) is 2. The number of amides is 1. The normalized spacial score (nSPS) is 10.4. The smallest absolute Gasteiger partial charge is 0.245 e. The summed E-state index contributed by atoms with van der Waals surface area (Å²) in [5.41, 5.74) is 0. The zero-order chi connectivity index (χ0) is 7.98. The molecule has 0 aliphatic heterocycles. The van der Waals surface area contributed by atoms with Gasteiger partial charge < -0.3 is 10.6 Å². The van der Waals surface area contributed by atoms with E-state index < -0.39 is 0 Å². The van der Waals surface area contributed by atoms with Crippen LogP contribution in [0.4, 0.5) is 0 Å². The van der Waals surface area contributed by atoms with Gasteiger partial charge in [0.1, 0.15) is 0 Å². The molecule has 0 aliphatic carbocycles. The molecule has 0 bridgehead atoms. The molecule has 0 atom stereocenters. The first-order chi connectivity index (χ1) is 4.66. The minimum absolute atomic E-state index is 0.0654. The van der Waals surface area contributed by atoms with Gasteiger partial charge in [0, 0.05) is 25.4 Å². The van der Waals surface area contributed by atoms with E-state index in [0.29, 0.717) is 0 Å². The largest absolute Gasteiger partial charge is 0.394 e. The van der Waals surface area contributed by atoms with Crippen LogP contribution in [-0.4, -0.2) is 19.0 Å². The quantitative estimate of drug-likeness (QED) is 0.554. The average molecular weight is 142 g/mol. The Bertz CT molecular complexity index is 130. The molecule has 1 amide bonds. The van der Waals surface area contributed by atoms with Crippen LogP contribution >= 0.6 is 0 Å². The lowest BCUT2D eigenvalue weighted by atomic mass is 10.4. The second-order valence-electron chi connectivity index (χ2n) is 2.29. The van der Waals surface area contributed by atoms with Crippen LogP contribution in [0.2, 0.25) is 0 Å². The van der Waals surface area contributed by atoms with Crippen molar-refractivity contribution in [3.05, 3.63) is 12.3 Å². The van der Waals surface area contributed by atoms with Gasteiger partial charge in [-0.2, -0.15) is 0 Å². The van der Waals surface area contributed by atoms with E-state index >= 15 is 0 Å². The van der Waals surface area contributed by atoms with Crippen molar-refractivity contribution in [3.8, 4) is 0 Å². The van der Waals surface area contributed by atoms with Gasteiger partial charge >= 0.3 is 0 Å². The summed E-state index contributed by atoms with van der Waals surface area (Å²) in [5.74, 6) is -0.0654. The highest BCUT2D eigenvalue weighted by atomic mass is 16.1. The summed E-state index contributed by atoms with van der Waals surface area (Å²) < 4.78 is 0. The Balaban J connectivity index is 3.54. The molecule has 0 saturated heterocycles. The number of carbonyl (C=O) groups is 1. The van der Waals surface area contributed by atoms with Gasteiger partial charge in [0.25, 0.3) is 0 Å². The molecule has 10 heavy (non-hydrogen) atoms. The van der Waals surface area contributed by atoms with E-state index in [1.165, 1.54) is 6.08 Å². The van der Waals surface area contributed by atoms with Gasteiger partial charge in [0.2, 0.25) is 5.91 Å². The van der Waals surface area contributed by atoms with Crippen LogP contribution in [0.5, 0.6) is 0 Å². The minimum Gasteiger partial charge on any atom is -0.394 e. The molecule has 0 spiro atoms. The third kappa shape index (κ3) is 5.15. The standard InChI is InChI=1S/C7H14N2O/c1-6(2)9-7(10)4-5-8-3/h4-6,8H,1-3H3,(H,9,10)/b5-4-. The van der Waals surface area contributed by atoms with E-state index in [2.05, 4.69) is 10.6 Å². The number of carbonyl (C=O) groups excluding carboxylic acids is 1. The predicted molar refractivity (Wildman–Crippen MR) is 41.5 cm³/mol. The first-order valence-electron chi connectivity index (χ1n) is 3.31. The molecule has 0 fully saturated rings. The van der Waals surface area contributed by atoms with Crippen molar-refractivity contribution < 1.29 is 4.79 Å². The second kappa shape index (κ2) is 4.85. The summed E-state index contributed by atoms with van der Waals surface area (Å²) in [5, 5.41) is 5.44. The van der Waals surface area contributed by atoms with Crippen molar-refractivity contribution in [2.75, 3.05) is 7.05 Å². The topological polar surface area (TPSA) is 41.1 Å². The van der Waals surface area contributed by atoms with Crippen molar-refractivity contribution in [1.29, 1.82) is 0 Å². The lowest BCUT2D eigenvalue weighted by Crippen LogP contribution is -2.28. The first-order valence-corrected chi connectivity index (χ1v) is 3.31. The summed E-state index contributed by atoms with van der Waals surface area (Å²) in [6, 6.07) is 0.203. The monoisotopic (exact) mass is 142 g/mol. The molecule has 0 rings (SSSR count). The van der Waals surface area contributed by atoms with Crippen molar-refractivity contribution >= 4 is 5.91 Å². The Labute approximate surface area is 61.5 Å². The predicted octanol–water partition coefficient (Wildman–Crippen LogP) is 0.244. The van der Waals surface area contributed by atoms with Crippen molar-refractivity contribution in [2.24, 2.45) is 0 Å². The van der Waals surface area contributed by atoms with E-state index in [1.54, 1.807) is 13.2 Å². The summed E-state index contributed by atoms with van der Waals surface area (Å²) in [6.07, 6.45) is 3.05. The number of hydrogen-bond donors (Lipinski definition) is 2. The summed E-state index contributed by atoms with van der Waals surface area (Å²) in [4.78, 5) is 10.8. The SMILES string of the molecule is CN/C=C\C(=O)NC(C)C. The maximum atomic E-state index is 10.8. The van der Waals surface area contributed by atoms with Gasteiger partial charge in [0.05, 0.1) is 0 Å². The summed E-state index contributed by atoms with van der Waals surface area (Å²) in [6.45, 7) is 3.84. The lowest BCUT2D eigenvalue weighted by Gasteiger charge is -2.03. The highest BCUT2D eigenvalue weighted by Crippen LogP contribution is 1.77. The Kier molecular flexibility index (Phi) is 4.37. The van der Waals surface area contributed by atoms with E-state index in [4.69, 9.17) is 0 Å². The fourth-order valence-corrected chi connectivity index (χ4v) is 0.492. The Hall–Kier alpha value is -0.990. The molecular formula is C7H14N2O. The van der Waals surface area contributed by atoms with Crippen LogP contribution < -0.4 is 10.6 Å². The Morgan fingerprint density at radius 2 is 2.10 bits per heavy atom. The maximum absolute atomic E-state index is 10.8. The fourth-order valence-electron chi connectivity index (χ4n) is 0.492. The van der Waals surface area contributed by atoms with E-state index in [-0.39, 0.29) is 11.9 Å². The molecular weight excluding hydrogens is 128 g/mol. The lowest BCUT2D eigenvalue weighted by molar-refractivity contribution is -0.116. The molecule has 0 unspecified atom stereocenters. The second-order valence-corrected chi connectivity index (χ2v) is 2.29. The molecule has 0 radical (unpaired) electrons. The van der Waals surface area contributed by atoms with Crippen LogP contribution in [0.3, 0.4) is 0 Å². The van der Waals surface area contributed by atoms with Gasteiger partial charge in [-0.25, -0.2) is 0 Å². The van der Waals surface area contributed by atoms with Crippen LogP contribution in [0.25, 0.3) is 0 Å². The van der Waals surface area contributed by atoms with E-state index in [9.17, 15) is 4.79 Å². The van der Waals surface area contributed by atoms with Crippen LogP contribution in [-0.2, 0) is 4.79 Å². The number of hydrogen-bond acceptors (Lipinski definition) is 2. The molecule has 0 aromatic rings. The zero-order valence-electron chi connectivity index (χ0n) is 6.64. The third-order valence-corrected chi connectivity index (χ3v) is 0.832. The molecule has 58 valence electrons. The van der Waals surface area contributed by atoms with E-state index in [1.807, 2.05) is 13.8 Å². The zero-order valence-corrected chi connectivity index (χ0v) is 6.64. The van der Waals surface area contributed by atoms with Crippen molar-refractivity contribution in [2.45, 2.75) is 19.9 Å². The highest BCUT2D eigenvalue weighted by Gasteiger charge is 1.95. The molecule has 0 heterocycles. The fraction of sp³-hybridized carbons (Fsp3) is 0.571. The summed E-state index contributed by atoms with van der Waals surface area (Å²) >= 11 is 0. The highest BCUT2D eigenvalue weighted by molar-refractivity contribution is 5.87. The summed E-state index contributed by atoms with van der Waals surface area (Å²) in [7, 11) is 1.75. The van der Waals surface area contributed by atoms with Crippen molar-refractivity contribution in [1.82, 2.24) is 10.6 Å². The van der Waals surface area contributed by atoms with Crippen LogP contribution in [0.1, 0.15) is 13.8 Å². The van der Waals surface area contributed by atoms with E-state index in [0.717, 1.165) is 0 Å². The molecule has 3 nitrogen and oxygen atoms in total. The Morgan fingerprint density at radius 1 is 1.50 bits per heavy atom. The molecule has 0 aliphatic rings. The van der Waals surface area contributed by atoms with Gasteiger partial charge in [0.15, 0.2) is 0 Å². The molecule has 0 saturated carbocycles. The van der Waals surface area contributed by atoms with Gasteiger partial charge in [-0.05, 0) is 13.8 Å². The molecule has 0 aromatic heterocycles. The molecule has 0 aromatic carbocycles. The van der Waals surface area contributed by atoms with Gasteiger partial charge in [-0.15, -0.1) is 0 Å². The minimum atomic E-state index is -0.0654. The van der Waals surface area contributed by atoms with Gasteiger partial charge in [-0.3, -0.25) is 4.79 Å². The molecule has 3 heteroatoms. The van der Waals surface area contributed by atoms with Crippen LogP contribution in [0.15, 0.2) is 12.3 Å². The van der Waals surface area contributed by atoms with Crippen molar-refractivity contribution in [3.63, 3.8) is 0 Å². The Morgan fingerprint density at radius 3 is 2.50 bits per heavy atom. The third-order valence-electron chi connectivity index (χ3n) is 0.832. The van der Waals surface area contributed by atoms with Crippen LogP contribution in [0, 0.1) is 0 Å².